The Balaban J connectivity index is 1.40. The van der Waals surface area contributed by atoms with Gasteiger partial charge < -0.3 is 4.74 Å². The number of thiazole rings is 1. The number of ether oxygens (including phenoxy) is 1. The van der Waals surface area contributed by atoms with Crippen LogP contribution >= 0.6 is 11.3 Å². The number of hydrogen-bond acceptors (Lipinski definition) is 4. The van der Waals surface area contributed by atoms with Crippen molar-refractivity contribution in [2.45, 2.75) is 12.5 Å². The highest BCUT2D eigenvalue weighted by molar-refractivity contribution is 7.10. The number of fused-ring (bicyclic) bond motifs is 1. The van der Waals surface area contributed by atoms with E-state index in [0.29, 0.717) is 5.75 Å². The number of rotatable bonds is 6. The van der Waals surface area contributed by atoms with Gasteiger partial charge >= 0.3 is 0 Å². The lowest BCUT2D eigenvalue weighted by atomic mass is 9.95. The Morgan fingerprint density at radius 2 is 1.47 bits per heavy atom. The van der Waals surface area contributed by atoms with Crippen LogP contribution < -0.4 is 9.64 Å². The van der Waals surface area contributed by atoms with Gasteiger partial charge in [-0.05, 0) is 34.9 Å². The zero-order valence-corrected chi connectivity index (χ0v) is 20.4. The predicted molar refractivity (Wildman–Crippen MR) is 145 cm³/mol. The van der Waals surface area contributed by atoms with E-state index in [1.165, 1.54) is 5.56 Å². The maximum absolute atomic E-state index is 13.4. The van der Waals surface area contributed by atoms with Gasteiger partial charge in [0.05, 0.1) is 22.4 Å². The summed E-state index contributed by atoms with van der Waals surface area (Å²) >= 11 is 1.66. The molecule has 5 aromatic rings. The molecule has 0 spiro atoms. The largest absolute Gasteiger partial charge is 0.482 e. The molecule has 36 heavy (non-hydrogen) atoms. The highest BCUT2D eigenvalue weighted by atomic mass is 32.1. The fourth-order valence-electron chi connectivity index (χ4n) is 4.67. The van der Waals surface area contributed by atoms with Gasteiger partial charge in [0.15, 0.2) is 6.61 Å². The topological polar surface area (TPSA) is 42.4 Å². The van der Waals surface area contributed by atoms with Crippen molar-refractivity contribution in [2.24, 2.45) is 0 Å². The second kappa shape index (κ2) is 9.80. The van der Waals surface area contributed by atoms with E-state index in [0.717, 1.165) is 39.5 Å². The van der Waals surface area contributed by atoms with Gasteiger partial charge in [0.1, 0.15) is 5.75 Å². The van der Waals surface area contributed by atoms with Crippen molar-refractivity contribution in [3.05, 3.63) is 136 Å². The Kier molecular flexibility index (Phi) is 6.06. The number of benzene rings is 4. The zero-order valence-electron chi connectivity index (χ0n) is 19.6. The molecule has 0 aliphatic carbocycles. The van der Waals surface area contributed by atoms with Crippen molar-refractivity contribution < 1.29 is 9.53 Å². The highest BCUT2D eigenvalue weighted by Gasteiger charge is 2.34. The van der Waals surface area contributed by atoms with Crippen LogP contribution in [0.15, 0.2) is 115 Å². The lowest BCUT2D eigenvalue weighted by molar-refractivity contribution is -0.121. The van der Waals surface area contributed by atoms with E-state index in [4.69, 9.17) is 9.72 Å². The average molecular weight is 489 g/mol. The molecule has 1 amide bonds. The van der Waals surface area contributed by atoms with Crippen molar-refractivity contribution in [3.8, 4) is 17.0 Å². The van der Waals surface area contributed by atoms with Crippen LogP contribution in [0.2, 0.25) is 0 Å². The molecule has 1 aromatic heterocycles. The van der Waals surface area contributed by atoms with E-state index in [1.807, 2.05) is 65.6 Å². The van der Waals surface area contributed by atoms with Crippen LogP contribution in [0, 0.1) is 0 Å². The predicted octanol–water partition coefficient (Wildman–Crippen LogP) is 6.92. The Labute approximate surface area is 214 Å². The second-order valence-electron chi connectivity index (χ2n) is 8.75. The lowest BCUT2D eigenvalue weighted by Crippen LogP contribution is -2.42. The minimum atomic E-state index is -0.262. The normalized spacial score (nSPS) is 12.9. The van der Waals surface area contributed by atoms with Gasteiger partial charge in [-0.25, -0.2) is 4.98 Å². The third-order valence-electron chi connectivity index (χ3n) is 6.37. The quantitative estimate of drug-likeness (QED) is 0.261. The van der Waals surface area contributed by atoms with Crippen molar-refractivity contribution in [3.63, 3.8) is 0 Å². The van der Waals surface area contributed by atoms with E-state index in [9.17, 15) is 4.79 Å². The van der Waals surface area contributed by atoms with Crippen molar-refractivity contribution in [2.75, 3.05) is 11.5 Å². The van der Waals surface area contributed by atoms with Gasteiger partial charge in [-0.15, -0.1) is 11.3 Å². The van der Waals surface area contributed by atoms with Gasteiger partial charge in [-0.1, -0.05) is 91.0 Å². The monoisotopic (exact) mass is 488 g/mol. The molecule has 0 saturated heterocycles. The van der Waals surface area contributed by atoms with Crippen LogP contribution in [0.5, 0.6) is 5.75 Å². The molecule has 2 heterocycles. The van der Waals surface area contributed by atoms with Gasteiger partial charge in [0.2, 0.25) is 0 Å². The molecular weight excluding hydrogens is 464 g/mol. The minimum absolute atomic E-state index is 0.0143. The number of carbonyl (C=O) groups excluding carboxylic acids is 1. The maximum atomic E-state index is 13.4. The Morgan fingerprint density at radius 1 is 0.833 bits per heavy atom. The molecule has 0 unspecified atom stereocenters. The standard InChI is InChI=1S/C31H24N2O2S/c34-30-20-35-28-17-16-25(26-21-36-29(32-26)18-22-10-4-1-5-11-22)19-27(28)33(30)31(23-12-6-2-7-13-23)24-14-8-3-9-15-24/h1-17,19,21,31H,18,20H2. The third-order valence-corrected chi connectivity index (χ3v) is 7.22. The summed E-state index contributed by atoms with van der Waals surface area (Å²) in [5.74, 6) is 0.635. The summed E-state index contributed by atoms with van der Waals surface area (Å²) in [6.45, 7) is 0.0143. The molecule has 176 valence electrons. The number of amides is 1. The Bertz CT molecular complexity index is 1440. The van der Waals surface area contributed by atoms with Crippen molar-refractivity contribution in [1.82, 2.24) is 4.98 Å². The van der Waals surface area contributed by atoms with Crippen LogP contribution in [-0.4, -0.2) is 17.5 Å². The van der Waals surface area contributed by atoms with Crippen LogP contribution in [0.4, 0.5) is 5.69 Å². The first-order valence-corrected chi connectivity index (χ1v) is 12.8. The molecule has 0 atom stereocenters. The fraction of sp³-hybridized carbons (Fsp3) is 0.0968. The molecular formula is C31H24N2O2S. The van der Waals surface area contributed by atoms with E-state index >= 15 is 0 Å². The zero-order chi connectivity index (χ0) is 24.3. The highest BCUT2D eigenvalue weighted by Crippen LogP contribution is 2.42. The summed E-state index contributed by atoms with van der Waals surface area (Å²) in [5.41, 5.74) is 5.97. The SMILES string of the molecule is O=C1COc2ccc(-c3csc(Cc4ccccc4)n3)cc2N1C(c1ccccc1)c1ccccc1. The van der Waals surface area contributed by atoms with Gasteiger partial charge in [-0.2, -0.15) is 0 Å². The van der Waals surface area contributed by atoms with Gasteiger partial charge in [0.25, 0.3) is 5.91 Å². The molecule has 0 bridgehead atoms. The van der Waals surface area contributed by atoms with Crippen molar-refractivity contribution >= 4 is 22.9 Å². The molecule has 1 aliphatic heterocycles. The molecule has 0 saturated carbocycles. The summed E-state index contributed by atoms with van der Waals surface area (Å²) < 4.78 is 5.85. The van der Waals surface area contributed by atoms with Crippen LogP contribution in [0.1, 0.15) is 27.7 Å². The number of aromatic nitrogens is 1. The fourth-order valence-corrected chi connectivity index (χ4v) is 5.51. The Hall–Kier alpha value is -4.22. The number of carbonyl (C=O) groups is 1. The molecule has 6 rings (SSSR count). The Morgan fingerprint density at radius 3 is 2.14 bits per heavy atom. The maximum Gasteiger partial charge on any atom is 0.265 e. The molecule has 5 heteroatoms. The first kappa shape index (κ1) is 22.3. The summed E-state index contributed by atoms with van der Waals surface area (Å²) in [6.07, 6.45) is 0.800. The molecule has 1 aliphatic rings. The van der Waals surface area contributed by atoms with Crippen LogP contribution in [0.25, 0.3) is 11.3 Å². The summed E-state index contributed by atoms with van der Waals surface area (Å²) in [5, 5.41) is 3.14. The minimum Gasteiger partial charge on any atom is -0.482 e. The smallest absolute Gasteiger partial charge is 0.265 e. The average Bonchev–Trinajstić information content (AvgIpc) is 3.40. The third kappa shape index (κ3) is 4.41. The number of anilines is 1. The van der Waals surface area contributed by atoms with Gasteiger partial charge in [-0.3, -0.25) is 9.69 Å². The summed E-state index contributed by atoms with van der Waals surface area (Å²) in [6, 6.07) is 36.4. The van der Waals surface area contributed by atoms with Crippen molar-refractivity contribution in [1.29, 1.82) is 0 Å². The first-order valence-electron chi connectivity index (χ1n) is 11.9. The van der Waals surface area contributed by atoms with E-state index < -0.39 is 0 Å². The van der Waals surface area contributed by atoms with E-state index in [2.05, 4.69) is 53.9 Å². The molecule has 4 aromatic carbocycles. The number of hydrogen-bond donors (Lipinski definition) is 0. The summed E-state index contributed by atoms with van der Waals surface area (Å²) in [7, 11) is 0. The molecule has 0 N–H and O–H groups in total. The lowest BCUT2D eigenvalue weighted by Gasteiger charge is -2.36. The molecule has 4 nitrogen and oxygen atoms in total. The molecule has 0 fully saturated rings. The second-order valence-corrected chi connectivity index (χ2v) is 9.69. The number of nitrogens with zero attached hydrogens (tertiary/aromatic N) is 2. The van der Waals surface area contributed by atoms with Gasteiger partial charge in [0, 0.05) is 17.4 Å². The van der Waals surface area contributed by atoms with Crippen LogP contribution in [-0.2, 0) is 11.2 Å². The van der Waals surface area contributed by atoms with E-state index in [1.54, 1.807) is 11.3 Å². The molecule has 0 radical (unpaired) electrons. The first-order chi connectivity index (χ1) is 17.8. The summed E-state index contributed by atoms with van der Waals surface area (Å²) in [4.78, 5) is 20.2. The van der Waals surface area contributed by atoms with Crippen LogP contribution in [0.3, 0.4) is 0 Å². The van der Waals surface area contributed by atoms with E-state index in [-0.39, 0.29) is 18.6 Å².